The third-order valence-corrected chi connectivity index (χ3v) is 5.35. The number of thioether (sulfide) groups is 1. The molecule has 6 nitrogen and oxygen atoms in total. The summed E-state index contributed by atoms with van der Waals surface area (Å²) < 4.78 is 6.43. The fourth-order valence-corrected chi connectivity index (χ4v) is 3.91. The molecule has 8 heteroatoms. The summed E-state index contributed by atoms with van der Waals surface area (Å²) >= 11 is 6.21. The Kier molecular flexibility index (Phi) is 4.74. The molecule has 0 unspecified atom stereocenters. The van der Waals surface area contributed by atoms with Gasteiger partial charge < -0.3 is 14.6 Å². The zero-order valence-corrected chi connectivity index (χ0v) is 16.7. The minimum Gasteiger partial charge on any atom is -0.456 e. The highest BCUT2D eigenvalue weighted by molar-refractivity contribution is 8.26. The van der Waals surface area contributed by atoms with Gasteiger partial charge >= 0.3 is 0 Å². The van der Waals surface area contributed by atoms with Crippen LogP contribution in [0.25, 0.3) is 28.2 Å². The van der Waals surface area contributed by atoms with Crippen molar-refractivity contribution >= 4 is 57.2 Å². The highest BCUT2D eigenvalue weighted by Crippen LogP contribution is 2.33. The Bertz CT molecular complexity index is 1160. The molecule has 2 aromatic heterocycles. The molecule has 28 heavy (non-hydrogen) atoms. The quantitative estimate of drug-likeness (QED) is 0.525. The summed E-state index contributed by atoms with van der Waals surface area (Å²) in [5.74, 6) is 0.225. The van der Waals surface area contributed by atoms with Crippen molar-refractivity contribution in [2.24, 2.45) is 0 Å². The third kappa shape index (κ3) is 3.44. The van der Waals surface area contributed by atoms with Crippen LogP contribution < -0.4 is 5.32 Å². The number of benzene rings is 1. The van der Waals surface area contributed by atoms with Crippen molar-refractivity contribution in [2.75, 3.05) is 14.1 Å². The number of amides is 2. The Morgan fingerprint density at radius 1 is 1.29 bits per heavy atom. The normalized spacial score (nSPS) is 15.3. The molecule has 1 aromatic carbocycles. The summed E-state index contributed by atoms with van der Waals surface area (Å²) in [6, 6.07) is 9.15. The molecule has 1 N–H and O–H groups in total. The van der Waals surface area contributed by atoms with Crippen LogP contribution in [-0.4, -0.2) is 40.1 Å². The van der Waals surface area contributed by atoms with Crippen LogP contribution in [0.2, 0.25) is 0 Å². The molecule has 0 aliphatic carbocycles. The monoisotopic (exact) mass is 409 g/mol. The van der Waals surface area contributed by atoms with Gasteiger partial charge in [-0.25, -0.2) is 0 Å². The van der Waals surface area contributed by atoms with Crippen molar-refractivity contribution in [1.29, 1.82) is 0 Å². The van der Waals surface area contributed by atoms with Crippen LogP contribution >= 0.6 is 24.0 Å². The Morgan fingerprint density at radius 2 is 2.11 bits per heavy atom. The molecule has 2 amide bonds. The number of pyridine rings is 1. The molecule has 3 heterocycles. The molecular weight excluding hydrogens is 394 g/mol. The molecule has 0 saturated carbocycles. The number of furan rings is 1. The number of fused-ring (bicyclic) bond motifs is 1. The topological polar surface area (TPSA) is 75.4 Å². The summed E-state index contributed by atoms with van der Waals surface area (Å²) in [5, 5.41) is 3.39. The molecule has 1 aliphatic rings. The van der Waals surface area contributed by atoms with Gasteiger partial charge in [-0.2, -0.15) is 0 Å². The van der Waals surface area contributed by atoms with Gasteiger partial charge in [-0.1, -0.05) is 36.1 Å². The summed E-state index contributed by atoms with van der Waals surface area (Å²) in [7, 11) is 3.43. The smallest absolute Gasteiger partial charge is 0.263 e. The Morgan fingerprint density at radius 3 is 2.82 bits per heavy atom. The highest BCUT2D eigenvalue weighted by atomic mass is 32.2. The van der Waals surface area contributed by atoms with E-state index in [1.807, 2.05) is 24.3 Å². The number of hydrogen-bond acceptors (Lipinski definition) is 6. The summed E-state index contributed by atoms with van der Waals surface area (Å²) in [6.07, 6.45) is 5.06. The van der Waals surface area contributed by atoms with Crippen molar-refractivity contribution in [3.05, 3.63) is 59.0 Å². The lowest BCUT2D eigenvalue weighted by atomic mass is 10.0. The molecule has 3 aromatic rings. The maximum atomic E-state index is 12.3. The average molecular weight is 409 g/mol. The lowest BCUT2D eigenvalue weighted by Gasteiger charge is -2.11. The molecule has 4 rings (SSSR count). The number of hydrogen-bond donors (Lipinski definition) is 1. The predicted molar refractivity (Wildman–Crippen MR) is 114 cm³/mol. The van der Waals surface area contributed by atoms with E-state index in [-0.39, 0.29) is 11.8 Å². The van der Waals surface area contributed by atoms with E-state index in [2.05, 4.69) is 10.3 Å². The molecule has 1 fully saturated rings. The van der Waals surface area contributed by atoms with Crippen LogP contribution in [0.4, 0.5) is 0 Å². The minimum atomic E-state index is -0.233. The van der Waals surface area contributed by atoms with Crippen LogP contribution in [0.5, 0.6) is 0 Å². The number of carbonyl (C=O) groups excluding carboxylic acids is 2. The van der Waals surface area contributed by atoms with Gasteiger partial charge in [0.15, 0.2) is 0 Å². The second-order valence-corrected chi connectivity index (χ2v) is 8.11. The Balaban J connectivity index is 1.77. The van der Waals surface area contributed by atoms with Crippen LogP contribution in [0.1, 0.15) is 16.1 Å². The van der Waals surface area contributed by atoms with E-state index in [0.717, 1.165) is 16.5 Å². The molecule has 1 saturated heterocycles. The third-order valence-electron chi connectivity index (χ3n) is 4.18. The summed E-state index contributed by atoms with van der Waals surface area (Å²) in [4.78, 5) is 30.5. The van der Waals surface area contributed by atoms with E-state index >= 15 is 0 Å². The number of rotatable bonds is 3. The molecule has 0 spiro atoms. The first-order chi connectivity index (χ1) is 13.4. The zero-order chi connectivity index (χ0) is 19.8. The number of aromatic nitrogens is 1. The van der Waals surface area contributed by atoms with Gasteiger partial charge in [0.2, 0.25) is 0 Å². The van der Waals surface area contributed by atoms with Crippen LogP contribution in [0.15, 0.2) is 52.0 Å². The van der Waals surface area contributed by atoms with E-state index in [4.69, 9.17) is 16.6 Å². The lowest BCUT2D eigenvalue weighted by Crippen LogP contribution is -2.21. The second kappa shape index (κ2) is 7.21. The first-order valence-corrected chi connectivity index (χ1v) is 9.59. The molecule has 140 valence electrons. The fourth-order valence-electron chi connectivity index (χ4n) is 2.89. The van der Waals surface area contributed by atoms with Crippen molar-refractivity contribution < 1.29 is 14.0 Å². The number of thiocarbonyl (C=S) groups is 1. The summed E-state index contributed by atoms with van der Waals surface area (Å²) in [6.45, 7) is 0. The van der Waals surface area contributed by atoms with E-state index in [9.17, 15) is 9.59 Å². The van der Waals surface area contributed by atoms with E-state index in [1.54, 1.807) is 38.6 Å². The van der Waals surface area contributed by atoms with Crippen LogP contribution in [0, 0.1) is 0 Å². The van der Waals surface area contributed by atoms with Crippen molar-refractivity contribution in [1.82, 2.24) is 15.2 Å². The first-order valence-electron chi connectivity index (χ1n) is 8.37. The zero-order valence-electron chi connectivity index (χ0n) is 15.1. The fraction of sp³-hybridized carbons (Fsp3) is 0.100. The van der Waals surface area contributed by atoms with E-state index < -0.39 is 0 Å². The molecule has 0 atom stereocenters. The van der Waals surface area contributed by atoms with Crippen molar-refractivity contribution in [2.45, 2.75) is 0 Å². The van der Waals surface area contributed by atoms with Crippen molar-refractivity contribution in [3.8, 4) is 11.1 Å². The highest BCUT2D eigenvalue weighted by Gasteiger charge is 2.23. The van der Waals surface area contributed by atoms with E-state index in [0.29, 0.717) is 26.1 Å². The number of nitrogens with zero attached hydrogens (tertiary/aromatic N) is 2. The van der Waals surface area contributed by atoms with Gasteiger partial charge in [-0.15, -0.1) is 0 Å². The first kappa shape index (κ1) is 18.4. The SMILES string of the molecule is CN(C)C(=O)c1cccc(-c2cncc3cc(/C=C4/SC(=S)NC4=O)oc23)c1. The maximum absolute atomic E-state index is 12.3. The van der Waals surface area contributed by atoms with Gasteiger partial charge in [0.05, 0.1) is 4.91 Å². The van der Waals surface area contributed by atoms with Gasteiger partial charge in [0.25, 0.3) is 11.8 Å². The minimum absolute atomic E-state index is 0.0768. The van der Waals surface area contributed by atoms with Crippen molar-refractivity contribution in [3.63, 3.8) is 0 Å². The summed E-state index contributed by atoms with van der Waals surface area (Å²) in [5.41, 5.74) is 2.83. The Hall–Kier alpha value is -2.97. The lowest BCUT2D eigenvalue weighted by molar-refractivity contribution is -0.115. The van der Waals surface area contributed by atoms with Gasteiger partial charge in [0, 0.05) is 49.1 Å². The van der Waals surface area contributed by atoms with Gasteiger partial charge in [0.1, 0.15) is 15.7 Å². The largest absolute Gasteiger partial charge is 0.456 e. The predicted octanol–water partition coefficient (Wildman–Crippen LogP) is 3.69. The van der Waals surface area contributed by atoms with Crippen LogP contribution in [0.3, 0.4) is 0 Å². The van der Waals surface area contributed by atoms with Gasteiger partial charge in [-0.3, -0.25) is 14.6 Å². The molecular formula is C20H15N3O3S2. The Labute approximate surface area is 170 Å². The average Bonchev–Trinajstić information content (AvgIpc) is 3.22. The maximum Gasteiger partial charge on any atom is 0.263 e. The molecule has 0 bridgehead atoms. The van der Waals surface area contributed by atoms with Gasteiger partial charge in [-0.05, 0) is 23.8 Å². The molecule has 1 aliphatic heterocycles. The second-order valence-electron chi connectivity index (χ2n) is 6.39. The van der Waals surface area contributed by atoms with E-state index in [1.165, 1.54) is 16.7 Å². The number of carbonyl (C=O) groups is 2. The molecule has 0 radical (unpaired) electrons. The number of nitrogens with one attached hydrogen (secondary N) is 1. The standard InChI is InChI=1S/C20H15N3O3S2/c1-23(2)19(25)12-5-3-4-11(6-12)15-10-21-9-13-7-14(26-17(13)15)8-16-18(24)22-20(27)28-16/h3-10H,1-2H3,(H,22,24,27)/b16-8+. The van der Waals surface area contributed by atoms with Crippen LogP contribution in [-0.2, 0) is 4.79 Å².